The van der Waals surface area contributed by atoms with Crippen LogP contribution in [0, 0.1) is 0 Å². The maximum absolute atomic E-state index is 13.9. The molecule has 1 aromatic carbocycles. The SMILES string of the molecule is CC1=NCCC(C2=NC(C(F)(F)F)(S(C)(=O)=O)CN2c2ccccc2)=C1. The van der Waals surface area contributed by atoms with Gasteiger partial charge < -0.3 is 4.90 Å². The van der Waals surface area contributed by atoms with Crippen molar-refractivity contribution in [3.05, 3.63) is 42.0 Å². The van der Waals surface area contributed by atoms with Gasteiger partial charge in [0.05, 0.1) is 6.54 Å². The molecule has 0 fully saturated rings. The van der Waals surface area contributed by atoms with Crippen molar-refractivity contribution in [3.8, 4) is 0 Å². The average molecular weight is 385 g/mol. The number of halogens is 3. The number of sulfone groups is 1. The van der Waals surface area contributed by atoms with Gasteiger partial charge in [-0.05, 0) is 37.1 Å². The average Bonchev–Trinajstić information content (AvgIpc) is 2.97. The number of nitrogens with zero attached hydrogens (tertiary/aromatic N) is 3. The number of benzene rings is 1. The lowest BCUT2D eigenvalue weighted by atomic mass is 10.1. The van der Waals surface area contributed by atoms with Crippen molar-refractivity contribution >= 4 is 27.1 Å². The van der Waals surface area contributed by atoms with Crippen LogP contribution in [0.5, 0.6) is 0 Å². The number of allylic oxidation sites excluding steroid dienone is 1. The number of amidine groups is 1. The Morgan fingerprint density at radius 1 is 1.19 bits per heavy atom. The van der Waals surface area contributed by atoms with Crippen molar-refractivity contribution in [1.29, 1.82) is 0 Å². The van der Waals surface area contributed by atoms with Crippen LogP contribution in [0.15, 0.2) is 52.0 Å². The monoisotopic (exact) mass is 385 g/mol. The molecule has 5 nitrogen and oxygen atoms in total. The van der Waals surface area contributed by atoms with Crippen LogP contribution in [0.3, 0.4) is 0 Å². The number of dihydropyridines is 1. The lowest BCUT2D eigenvalue weighted by Gasteiger charge is -2.28. The molecule has 0 aliphatic carbocycles. The molecule has 0 saturated carbocycles. The molecule has 1 aromatic rings. The highest BCUT2D eigenvalue weighted by atomic mass is 32.2. The van der Waals surface area contributed by atoms with Crippen molar-refractivity contribution in [3.63, 3.8) is 0 Å². The lowest BCUT2D eigenvalue weighted by Crippen LogP contribution is -2.53. The van der Waals surface area contributed by atoms with Crippen LogP contribution in [-0.4, -0.2) is 50.4 Å². The molecule has 0 N–H and O–H groups in total. The van der Waals surface area contributed by atoms with E-state index in [2.05, 4.69) is 9.98 Å². The van der Waals surface area contributed by atoms with Gasteiger partial charge in [0, 0.05) is 24.2 Å². The van der Waals surface area contributed by atoms with E-state index >= 15 is 0 Å². The van der Waals surface area contributed by atoms with Crippen molar-refractivity contribution in [2.45, 2.75) is 24.4 Å². The number of anilines is 1. The normalized spacial score (nSPS) is 24.2. The number of aliphatic imine (C=N–C) groups is 2. The quantitative estimate of drug-likeness (QED) is 0.804. The number of hydrogen-bond acceptors (Lipinski definition) is 5. The Hall–Kier alpha value is -2.16. The second-order valence-electron chi connectivity index (χ2n) is 6.35. The van der Waals surface area contributed by atoms with E-state index in [9.17, 15) is 21.6 Å². The Kier molecular flexibility index (Phi) is 4.46. The second kappa shape index (κ2) is 6.22. The molecule has 26 heavy (non-hydrogen) atoms. The van der Waals surface area contributed by atoms with E-state index in [1.54, 1.807) is 43.3 Å². The highest BCUT2D eigenvalue weighted by molar-refractivity contribution is 7.92. The third-order valence-electron chi connectivity index (χ3n) is 4.45. The molecule has 2 heterocycles. The van der Waals surface area contributed by atoms with Crippen LogP contribution < -0.4 is 4.90 Å². The molecule has 0 radical (unpaired) electrons. The topological polar surface area (TPSA) is 62.1 Å². The van der Waals surface area contributed by atoms with Crippen LogP contribution in [0.2, 0.25) is 0 Å². The zero-order chi connectivity index (χ0) is 19.2. The number of alkyl halides is 3. The van der Waals surface area contributed by atoms with Crippen molar-refractivity contribution < 1.29 is 21.6 Å². The summed E-state index contributed by atoms with van der Waals surface area (Å²) in [6.07, 6.45) is -2.39. The predicted molar refractivity (Wildman–Crippen MR) is 95.5 cm³/mol. The van der Waals surface area contributed by atoms with E-state index in [0.717, 1.165) is 0 Å². The summed E-state index contributed by atoms with van der Waals surface area (Å²) in [5, 5.41) is 0. The van der Waals surface area contributed by atoms with Crippen LogP contribution in [0.4, 0.5) is 18.9 Å². The third-order valence-corrected chi connectivity index (χ3v) is 6.13. The van der Waals surface area contributed by atoms with Gasteiger partial charge in [0.2, 0.25) is 0 Å². The highest BCUT2D eigenvalue weighted by Gasteiger charge is 2.66. The van der Waals surface area contributed by atoms with Gasteiger partial charge in [-0.3, -0.25) is 4.99 Å². The summed E-state index contributed by atoms with van der Waals surface area (Å²) in [6.45, 7) is 1.37. The first kappa shape index (κ1) is 18.6. The molecule has 0 bridgehead atoms. The molecule has 2 aliphatic heterocycles. The van der Waals surface area contributed by atoms with Crippen molar-refractivity contribution in [1.82, 2.24) is 0 Å². The maximum atomic E-state index is 13.9. The zero-order valence-corrected chi connectivity index (χ0v) is 15.1. The highest BCUT2D eigenvalue weighted by Crippen LogP contribution is 2.44. The van der Waals surface area contributed by atoms with Gasteiger partial charge >= 0.3 is 6.18 Å². The standard InChI is InChI=1S/C17H18F3N3O2S/c1-12-10-13(8-9-21-12)15-22-16(17(18,19)20,26(2,24)25)11-23(15)14-6-4-3-5-7-14/h3-7,10H,8-9,11H2,1-2H3. The van der Waals surface area contributed by atoms with Crippen LogP contribution in [0.1, 0.15) is 13.3 Å². The van der Waals surface area contributed by atoms with Crippen LogP contribution in [-0.2, 0) is 9.84 Å². The Morgan fingerprint density at radius 2 is 1.85 bits per heavy atom. The molecule has 0 saturated heterocycles. The molecule has 1 atom stereocenters. The first-order valence-electron chi connectivity index (χ1n) is 7.96. The fourth-order valence-electron chi connectivity index (χ4n) is 3.09. The van der Waals surface area contributed by atoms with Crippen LogP contribution >= 0.6 is 0 Å². The summed E-state index contributed by atoms with van der Waals surface area (Å²) < 4.78 is 65.9. The van der Waals surface area contributed by atoms with Gasteiger partial charge in [-0.1, -0.05) is 18.2 Å². The van der Waals surface area contributed by atoms with E-state index in [1.165, 1.54) is 4.90 Å². The zero-order valence-electron chi connectivity index (χ0n) is 14.3. The Bertz CT molecular complexity index is 905. The summed E-state index contributed by atoms with van der Waals surface area (Å²) in [7, 11) is -4.56. The van der Waals surface area contributed by atoms with Gasteiger partial charge in [-0.2, -0.15) is 13.2 Å². The molecule has 0 aromatic heterocycles. The van der Waals surface area contributed by atoms with Crippen molar-refractivity contribution in [2.75, 3.05) is 24.2 Å². The van der Waals surface area contributed by atoms with Crippen molar-refractivity contribution in [2.24, 2.45) is 9.98 Å². The molecule has 1 unspecified atom stereocenters. The minimum atomic E-state index is -5.03. The number of rotatable bonds is 3. The molecular formula is C17H18F3N3O2S. The summed E-state index contributed by atoms with van der Waals surface area (Å²) in [6, 6.07) is 8.37. The first-order valence-corrected chi connectivity index (χ1v) is 9.85. The van der Waals surface area contributed by atoms with Gasteiger partial charge in [0.1, 0.15) is 5.84 Å². The van der Waals surface area contributed by atoms with Crippen LogP contribution in [0.25, 0.3) is 0 Å². The second-order valence-corrected chi connectivity index (χ2v) is 8.57. The number of hydrogen-bond donors (Lipinski definition) is 0. The van der Waals surface area contributed by atoms with E-state index in [0.29, 0.717) is 36.2 Å². The summed E-state index contributed by atoms with van der Waals surface area (Å²) >= 11 is 0. The molecular weight excluding hydrogens is 367 g/mol. The largest absolute Gasteiger partial charge is 0.429 e. The van der Waals surface area contributed by atoms with Gasteiger partial charge in [0.25, 0.3) is 4.87 Å². The Labute approximate surface area is 149 Å². The molecule has 0 spiro atoms. The van der Waals surface area contributed by atoms with E-state index in [-0.39, 0.29) is 5.84 Å². The molecule has 3 rings (SSSR count). The van der Waals surface area contributed by atoms with E-state index in [4.69, 9.17) is 0 Å². The fourth-order valence-corrected chi connectivity index (χ4v) is 4.12. The maximum Gasteiger partial charge on any atom is 0.429 e. The Balaban J connectivity index is 2.21. The molecule has 2 aliphatic rings. The predicted octanol–water partition coefficient (Wildman–Crippen LogP) is 3.00. The summed E-state index contributed by atoms with van der Waals surface area (Å²) in [4.78, 5) is 6.14. The molecule has 0 amide bonds. The lowest BCUT2D eigenvalue weighted by molar-refractivity contribution is -0.155. The van der Waals surface area contributed by atoms with E-state index < -0.39 is 27.4 Å². The number of para-hydroxylation sites is 1. The van der Waals surface area contributed by atoms with Gasteiger partial charge in [-0.25, -0.2) is 13.4 Å². The fraction of sp³-hybridized carbons (Fsp3) is 0.412. The molecule has 140 valence electrons. The molecule has 9 heteroatoms. The van der Waals surface area contributed by atoms with Gasteiger partial charge in [-0.15, -0.1) is 0 Å². The smallest absolute Gasteiger partial charge is 0.323 e. The minimum Gasteiger partial charge on any atom is -0.323 e. The third kappa shape index (κ3) is 3.04. The van der Waals surface area contributed by atoms with E-state index in [1.807, 2.05) is 0 Å². The minimum absolute atomic E-state index is 0.0354. The first-order chi connectivity index (χ1) is 12.1. The summed E-state index contributed by atoms with van der Waals surface area (Å²) in [5.41, 5.74) is 1.68. The Morgan fingerprint density at radius 3 is 2.38 bits per heavy atom. The summed E-state index contributed by atoms with van der Waals surface area (Å²) in [5.74, 6) is 0.0354. The van der Waals surface area contributed by atoms with Gasteiger partial charge in [0.15, 0.2) is 9.84 Å².